The normalized spacial score (nSPS) is 14.8. The second-order valence-corrected chi connectivity index (χ2v) is 9.28. The van der Waals surface area contributed by atoms with Crippen LogP contribution in [-0.2, 0) is 11.3 Å². The van der Waals surface area contributed by atoms with Crippen LogP contribution in [-0.4, -0.2) is 35.2 Å². The van der Waals surface area contributed by atoms with Crippen LogP contribution in [0.3, 0.4) is 0 Å². The first-order valence-corrected chi connectivity index (χ1v) is 11.8. The van der Waals surface area contributed by atoms with Gasteiger partial charge < -0.3 is 15.8 Å². The quantitative estimate of drug-likeness (QED) is 0.453. The highest BCUT2D eigenvalue weighted by atomic mass is 32.1. The number of nitrogens with one attached hydrogen (secondary N) is 1. The van der Waals surface area contributed by atoms with Gasteiger partial charge in [0, 0.05) is 53.7 Å². The summed E-state index contributed by atoms with van der Waals surface area (Å²) in [5.41, 5.74) is 11.7. The van der Waals surface area contributed by atoms with E-state index in [0.717, 1.165) is 76.5 Å². The fraction of sp³-hybridized carbons (Fsp3) is 0.320. The summed E-state index contributed by atoms with van der Waals surface area (Å²) >= 11 is 1.79. The first-order valence-electron chi connectivity index (χ1n) is 11.0. The van der Waals surface area contributed by atoms with Crippen molar-refractivity contribution in [1.29, 1.82) is 0 Å². The molecule has 1 aromatic carbocycles. The van der Waals surface area contributed by atoms with Gasteiger partial charge in [-0.05, 0) is 67.4 Å². The number of rotatable bonds is 5. The van der Waals surface area contributed by atoms with Crippen molar-refractivity contribution in [1.82, 2.24) is 20.3 Å². The van der Waals surface area contributed by atoms with Gasteiger partial charge in [0.25, 0.3) is 0 Å². The molecule has 0 spiro atoms. The number of pyridine rings is 2. The number of thiazole rings is 1. The van der Waals surface area contributed by atoms with Crippen LogP contribution in [0.25, 0.3) is 32.5 Å². The zero-order valence-electron chi connectivity index (χ0n) is 18.4. The predicted molar refractivity (Wildman–Crippen MR) is 131 cm³/mol. The number of anilines is 1. The molecule has 4 heterocycles. The zero-order chi connectivity index (χ0) is 22.1. The van der Waals surface area contributed by atoms with Gasteiger partial charge in [0.05, 0.1) is 5.69 Å². The fourth-order valence-electron chi connectivity index (χ4n) is 4.39. The van der Waals surface area contributed by atoms with E-state index in [1.165, 1.54) is 4.88 Å². The SMILES string of the molecule is CNCc1nc(-c2cnc(N)c3cc(-c4ccnc(C)c4)ccc23)sc1C1CCOCC1. The molecule has 1 aliphatic heterocycles. The third kappa shape index (κ3) is 3.99. The average molecular weight is 446 g/mol. The minimum Gasteiger partial charge on any atom is -0.383 e. The lowest BCUT2D eigenvalue weighted by Gasteiger charge is -2.21. The van der Waals surface area contributed by atoms with Crippen LogP contribution in [0, 0.1) is 6.92 Å². The molecule has 164 valence electrons. The van der Waals surface area contributed by atoms with Gasteiger partial charge >= 0.3 is 0 Å². The van der Waals surface area contributed by atoms with Crippen LogP contribution in [0.15, 0.2) is 42.7 Å². The molecule has 0 radical (unpaired) electrons. The third-order valence-electron chi connectivity index (χ3n) is 6.04. The molecule has 0 amide bonds. The number of benzene rings is 1. The van der Waals surface area contributed by atoms with Crippen molar-refractivity contribution in [2.45, 2.75) is 32.2 Å². The molecule has 1 saturated heterocycles. The second-order valence-electron chi connectivity index (χ2n) is 8.25. The highest BCUT2D eigenvalue weighted by Gasteiger charge is 2.24. The molecule has 1 aliphatic rings. The minimum atomic E-state index is 0.507. The summed E-state index contributed by atoms with van der Waals surface area (Å²) < 4.78 is 5.58. The first kappa shape index (κ1) is 21.0. The van der Waals surface area contributed by atoms with Crippen molar-refractivity contribution in [2.75, 3.05) is 26.0 Å². The monoisotopic (exact) mass is 445 g/mol. The number of aromatic nitrogens is 3. The topological polar surface area (TPSA) is 86.0 Å². The Morgan fingerprint density at radius 1 is 1.09 bits per heavy atom. The molecule has 0 atom stereocenters. The van der Waals surface area contributed by atoms with E-state index in [1.807, 2.05) is 32.4 Å². The summed E-state index contributed by atoms with van der Waals surface area (Å²) in [5.74, 6) is 1.04. The lowest BCUT2D eigenvalue weighted by molar-refractivity contribution is 0.0858. The minimum absolute atomic E-state index is 0.507. The Kier molecular flexibility index (Phi) is 5.87. The van der Waals surface area contributed by atoms with Crippen LogP contribution >= 0.6 is 11.3 Å². The number of hydrogen-bond acceptors (Lipinski definition) is 7. The van der Waals surface area contributed by atoms with E-state index in [-0.39, 0.29) is 0 Å². The van der Waals surface area contributed by atoms with Crippen molar-refractivity contribution < 1.29 is 4.74 Å². The van der Waals surface area contributed by atoms with Crippen molar-refractivity contribution >= 4 is 27.9 Å². The van der Waals surface area contributed by atoms with Crippen LogP contribution < -0.4 is 11.1 Å². The van der Waals surface area contributed by atoms with Crippen LogP contribution in [0.4, 0.5) is 5.82 Å². The zero-order valence-corrected chi connectivity index (χ0v) is 19.2. The van der Waals surface area contributed by atoms with Crippen LogP contribution in [0.1, 0.15) is 35.0 Å². The first-order chi connectivity index (χ1) is 15.6. The molecule has 0 bridgehead atoms. The van der Waals surface area contributed by atoms with Gasteiger partial charge in [0.2, 0.25) is 0 Å². The maximum Gasteiger partial charge on any atom is 0.131 e. The Labute approximate surface area is 191 Å². The van der Waals surface area contributed by atoms with E-state index in [1.54, 1.807) is 11.3 Å². The molecule has 7 heteroatoms. The summed E-state index contributed by atoms with van der Waals surface area (Å²) in [6, 6.07) is 10.5. The van der Waals surface area contributed by atoms with Gasteiger partial charge in [-0.1, -0.05) is 12.1 Å². The summed E-state index contributed by atoms with van der Waals surface area (Å²) in [7, 11) is 1.97. The molecule has 32 heavy (non-hydrogen) atoms. The Balaban J connectivity index is 1.60. The fourth-order valence-corrected chi connectivity index (χ4v) is 5.67. The highest BCUT2D eigenvalue weighted by Crippen LogP contribution is 2.40. The molecule has 0 unspecified atom stereocenters. The van der Waals surface area contributed by atoms with Crippen molar-refractivity contribution in [3.63, 3.8) is 0 Å². The van der Waals surface area contributed by atoms with Gasteiger partial charge in [0.15, 0.2) is 0 Å². The van der Waals surface area contributed by atoms with Crippen LogP contribution in [0.2, 0.25) is 0 Å². The summed E-state index contributed by atoms with van der Waals surface area (Å²) in [4.78, 5) is 15.2. The molecular weight excluding hydrogens is 418 g/mol. The summed E-state index contributed by atoms with van der Waals surface area (Å²) in [5, 5.41) is 6.31. The number of nitrogens with two attached hydrogens (primary N) is 1. The van der Waals surface area contributed by atoms with Gasteiger partial charge in [-0.15, -0.1) is 11.3 Å². The van der Waals surface area contributed by atoms with E-state index in [9.17, 15) is 0 Å². The third-order valence-corrected chi connectivity index (χ3v) is 7.34. The Hall–Kier alpha value is -2.87. The largest absolute Gasteiger partial charge is 0.383 e. The standard InChI is InChI=1S/C25H27N5OS/c1-15-11-18(5-8-28-15)17-3-4-19-20(12-17)24(26)29-13-21(19)25-30-22(14-27-2)23(32-25)16-6-9-31-10-7-16/h3-5,8,11-13,16,27H,6-7,9-10,14H2,1-2H3,(H2,26,29). The number of nitrogen functional groups attached to an aromatic ring is 1. The molecule has 0 aliphatic carbocycles. The molecule has 0 saturated carbocycles. The Bertz CT molecular complexity index is 1260. The molecule has 1 fully saturated rings. The summed E-state index contributed by atoms with van der Waals surface area (Å²) in [6.07, 6.45) is 5.80. The van der Waals surface area contributed by atoms with E-state index in [0.29, 0.717) is 11.7 Å². The molecular formula is C25H27N5OS. The van der Waals surface area contributed by atoms with Gasteiger partial charge in [-0.2, -0.15) is 0 Å². The van der Waals surface area contributed by atoms with Gasteiger partial charge in [-0.3, -0.25) is 4.98 Å². The molecule has 4 aromatic rings. The maximum absolute atomic E-state index is 6.32. The van der Waals surface area contributed by atoms with Crippen molar-refractivity contribution in [2.24, 2.45) is 0 Å². The number of nitrogens with zero attached hydrogens (tertiary/aromatic N) is 3. The van der Waals surface area contributed by atoms with E-state index < -0.39 is 0 Å². The number of fused-ring (bicyclic) bond motifs is 1. The van der Waals surface area contributed by atoms with E-state index in [2.05, 4.69) is 39.6 Å². The lowest BCUT2D eigenvalue weighted by atomic mass is 9.97. The smallest absolute Gasteiger partial charge is 0.131 e. The van der Waals surface area contributed by atoms with E-state index >= 15 is 0 Å². The van der Waals surface area contributed by atoms with E-state index in [4.69, 9.17) is 15.5 Å². The predicted octanol–water partition coefficient (Wildman–Crippen LogP) is 4.92. The Morgan fingerprint density at radius 2 is 1.91 bits per heavy atom. The van der Waals surface area contributed by atoms with Gasteiger partial charge in [-0.25, -0.2) is 9.97 Å². The molecule has 3 aromatic heterocycles. The molecule has 6 nitrogen and oxygen atoms in total. The highest BCUT2D eigenvalue weighted by molar-refractivity contribution is 7.15. The number of ether oxygens (including phenoxy) is 1. The number of hydrogen-bond donors (Lipinski definition) is 2. The van der Waals surface area contributed by atoms with Crippen molar-refractivity contribution in [3.05, 3.63) is 59.0 Å². The second kappa shape index (κ2) is 8.94. The lowest BCUT2D eigenvalue weighted by Crippen LogP contribution is -2.16. The number of aryl methyl sites for hydroxylation is 1. The molecule has 5 rings (SSSR count). The van der Waals surface area contributed by atoms with Crippen molar-refractivity contribution in [3.8, 4) is 21.7 Å². The summed E-state index contributed by atoms with van der Waals surface area (Å²) in [6.45, 7) is 4.40. The Morgan fingerprint density at radius 3 is 2.69 bits per heavy atom. The average Bonchev–Trinajstić information content (AvgIpc) is 3.24. The maximum atomic E-state index is 6.32. The van der Waals surface area contributed by atoms with Gasteiger partial charge in [0.1, 0.15) is 10.8 Å². The van der Waals surface area contributed by atoms with Crippen LogP contribution in [0.5, 0.6) is 0 Å². The molecule has 3 N–H and O–H groups in total.